The topological polar surface area (TPSA) is 75.5 Å². The van der Waals surface area contributed by atoms with E-state index >= 15 is 0 Å². The standard InChI is InChI=1S/C18H27N3O3/c1-13-9-14(2)12-20(11-13)8-4-7-19-18(22)16-6-5-15(3)17(10-16)21(23)24/h5-6,10,13-14H,4,7-9,11-12H2,1-3H3,(H,19,22)/t13-,14-/m1/s1. The number of aryl methyl sites for hydroxylation is 1. The third-order valence-corrected chi connectivity index (χ3v) is 4.55. The quantitative estimate of drug-likeness (QED) is 0.493. The summed E-state index contributed by atoms with van der Waals surface area (Å²) >= 11 is 0. The van der Waals surface area contributed by atoms with Crippen molar-refractivity contribution >= 4 is 11.6 Å². The van der Waals surface area contributed by atoms with E-state index in [2.05, 4.69) is 24.1 Å². The monoisotopic (exact) mass is 333 g/mol. The van der Waals surface area contributed by atoms with Crippen LogP contribution in [0.1, 0.15) is 42.6 Å². The molecule has 0 aliphatic carbocycles. The number of nitro groups is 1. The fourth-order valence-electron chi connectivity index (χ4n) is 3.53. The van der Waals surface area contributed by atoms with E-state index in [1.807, 2.05) is 0 Å². The molecule has 6 heteroatoms. The Morgan fingerprint density at radius 2 is 2.00 bits per heavy atom. The second-order valence-corrected chi connectivity index (χ2v) is 7.07. The van der Waals surface area contributed by atoms with Crippen molar-refractivity contribution < 1.29 is 9.72 Å². The maximum atomic E-state index is 12.1. The number of benzene rings is 1. The molecule has 6 nitrogen and oxygen atoms in total. The van der Waals surface area contributed by atoms with Gasteiger partial charge in [-0.05, 0) is 44.2 Å². The normalized spacial score (nSPS) is 21.5. The molecule has 0 saturated carbocycles. The van der Waals surface area contributed by atoms with Crippen LogP contribution in [0.15, 0.2) is 18.2 Å². The summed E-state index contributed by atoms with van der Waals surface area (Å²) in [5.74, 6) is 1.21. The van der Waals surface area contributed by atoms with E-state index in [-0.39, 0.29) is 11.6 Å². The highest BCUT2D eigenvalue weighted by molar-refractivity contribution is 5.94. The Morgan fingerprint density at radius 3 is 2.62 bits per heavy atom. The van der Waals surface area contributed by atoms with Gasteiger partial charge < -0.3 is 10.2 Å². The van der Waals surface area contributed by atoms with Crippen molar-refractivity contribution in [2.24, 2.45) is 11.8 Å². The molecule has 132 valence electrons. The van der Waals surface area contributed by atoms with Crippen LogP contribution in [0.2, 0.25) is 0 Å². The van der Waals surface area contributed by atoms with Crippen LogP contribution in [0.3, 0.4) is 0 Å². The molecule has 0 bridgehead atoms. The van der Waals surface area contributed by atoms with Crippen LogP contribution in [0.4, 0.5) is 5.69 Å². The summed E-state index contributed by atoms with van der Waals surface area (Å²) in [7, 11) is 0. The molecule has 2 atom stereocenters. The lowest BCUT2D eigenvalue weighted by atomic mass is 9.92. The SMILES string of the molecule is Cc1ccc(C(=O)NCCCN2C[C@H](C)C[C@@H](C)C2)cc1[N+](=O)[O-]. The van der Waals surface area contributed by atoms with Gasteiger partial charge in [0.05, 0.1) is 4.92 Å². The number of amides is 1. The van der Waals surface area contributed by atoms with E-state index in [0.717, 1.165) is 37.9 Å². The molecule has 1 aromatic carbocycles. The third kappa shape index (κ3) is 5.03. The molecule has 0 radical (unpaired) electrons. The molecular formula is C18H27N3O3. The Kier molecular flexibility index (Phi) is 6.31. The molecule has 1 saturated heterocycles. The number of carbonyl (C=O) groups is 1. The number of hydrogen-bond donors (Lipinski definition) is 1. The van der Waals surface area contributed by atoms with Crippen LogP contribution < -0.4 is 5.32 Å². The van der Waals surface area contributed by atoms with E-state index in [0.29, 0.717) is 17.7 Å². The van der Waals surface area contributed by atoms with Gasteiger partial charge in [0.1, 0.15) is 0 Å². The van der Waals surface area contributed by atoms with Gasteiger partial charge >= 0.3 is 0 Å². The zero-order valence-electron chi connectivity index (χ0n) is 14.7. The minimum absolute atomic E-state index is 0.0149. The summed E-state index contributed by atoms with van der Waals surface area (Å²) in [5, 5.41) is 13.8. The van der Waals surface area contributed by atoms with E-state index < -0.39 is 4.92 Å². The first kappa shape index (κ1) is 18.4. The molecular weight excluding hydrogens is 306 g/mol. The number of nitrogens with zero attached hydrogens (tertiary/aromatic N) is 2. The first-order valence-electron chi connectivity index (χ1n) is 8.62. The molecule has 0 spiro atoms. The maximum absolute atomic E-state index is 12.1. The van der Waals surface area contributed by atoms with Crippen molar-refractivity contribution in [1.29, 1.82) is 0 Å². The van der Waals surface area contributed by atoms with Crippen molar-refractivity contribution in [3.8, 4) is 0 Å². The Balaban J connectivity index is 1.79. The number of piperidine rings is 1. The van der Waals surface area contributed by atoms with Crippen molar-refractivity contribution in [2.45, 2.75) is 33.6 Å². The van der Waals surface area contributed by atoms with Gasteiger partial charge in [0.25, 0.3) is 11.6 Å². The van der Waals surface area contributed by atoms with Crippen LogP contribution in [-0.2, 0) is 0 Å². The fraction of sp³-hybridized carbons (Fsp3) is 0.611. The Morgan fingerprint density at radius 1 is 1.33 bits per heavy atom. The molecule has 1 amide bonds. The van der Waals surface area contributed by atoms with Gasteiger partial charge in [-0.2, -0.15) is 0 Å². The molecule has 0 aromatic heterocycles. The first-order valence-corrected chi connectivity index (χ1v) is 8.62. The Bertz CT molecular complexity index is 593. The number of hydrogen-bond acceptors (Lipinski definition) is 4. The number of rotatable bonds is 6. The predicted octanol–water partition coefficient (Wildman–Crippen LogP) is 3.00. The van der Waals surface area contributed by atoms with Gasteiger partial charge in [-0.25, -0.2) is 0 Å². The van der Waals surface area contributed by atoms with E-state index in [1.165, 1.54) is 12.5 Å². The second-order valence-electron chi connectivity index (χ2n) is 7.07. The molecule has 1 aliphatic heterocycles. The first-order chi connectivity index (χ1) is 11.4. The van der Waals surface area contributed by atoms with E-state index in [4.69, 9.17) is 0 Å². The zero-order valence-corrected chi connectivity index (χ0v) is 14.7. The van der Waals surface area contributed by atoms with Gasteiger partial charge in [0.15, 0.2) is 0 Å². The predicted molar refractivity (Wildman–Crippen MR) is 94.2 cm³/mol. The summed E-state index contributed by atoms with van der Waals surface area (Å²) in [6, 6.07) is 4.59. The Hall–Kier alpha value is -1.95. The molecule has 1 aliphatic rings. The van der Waals surface area contributed by atoms with Crippen LogP contribution in [0.5, 0.6) is 0 Å². The molecule has 2 rings (SSSR count). The third-order valence-electron chi connectivity index (χ3n) is 4.55. The van der Waals surface area contributed by atoms with Gasteiger partial charge in [-0.15, -0.1) is 0 Å². The van der Waals surface area contributed by atoms with Crippen molar-refractivity contribution in [2.75, 3.05) is 26.2 Å². The molecule has 1 heterocycles. The highest BCUT2D eigenvalue weighted by Crippen LogP contribution is 2.21. The largest absolute Gasteiger partial charge is 0.352 e. The summed E-state index contributed by atoms with van der Waals surface area (Å²) in [4.78, 5) is 25.1. The van der Waals surface area contributed by atoms with Crippen LogP contribution in [-0.4, -0.2) is 41.9 Å². The highest BCUT2D eigenvalue weighted by atomic mass is 16.6. The lowest BCUT2D eigenvalue weighted by Crippen LogP contribution is -2.40. The zero-order chi connectivity index (χ0) is 17.7. The van der Waals surface area contributed by atoms with Gasteiger partial charge in [-0.1, -0.05) is 19.9 Å². The fourth-order valence-corrected chi connectivity index (χ4v) is 3.53. The molecule has 1 fully saturated rings. The van der Waals surface area contributed by atoms with E-state index in [1.54, 1.807) is 19.1 Å². The smallest absolute Gasteiger partial charge is 0.273 e. The number of carbonyl (C=O) groups excluding carboxylic acids is 1. The summed E-state index contributed by atoms with van der Waals surface area (Å²) in [6.07, 6.45) is 2.18. The van der Waals surface area contributed by atoms with Crippen LogP contribution >= 0.6 is 0 Å². The van der Waals surface area contributed by atoms with Crippen molar-refractivity contribution in [1.82, 2.24) is 10.2 Å². The number of likely N-dealkylation sites (tertiary alicyclic amines) is 1. The van der Waals surface area contributed by atoms with Crippen LogP contribution in [0, 0.1) is 28.9 Å². The van der Waals surface area contributed by atoms with Crippen LogP contribution in [0.25, 0.3) is 0 Å². The minimum atomic E-state index is -0.454. The number of nitro benzene ring substituents is 1. The average Bonchev–Trinajstić information content (AvgIpc) is 2.50. The molecule has 1 N–H and O–H groups in total. The minimum Gasteiger partial charge on any atom is -0.352 e. The summed E-state index contributed by atoms with van der Waals surface area (Å²) in [5.41, 5.74) is 0.886. The molecule has 24 heavy (non-hydrogen) atoms. The summed E-state index contributed by atoms with van der Waals surface area (Å²) < 4.78 is 0. The van der Waals surface area contributed by atoms with Gasteiger partial charge in [0.2, 0.25) is 0 Å². The van der Waals surface area contributed by atoms with Gasteiger partial charge in [0, 0.05) is 36.8 Å². The highest BCUT2D eigenvalue weighted by Gasteiger charge is 2.21. The lowest BCUT2D eigenvalue weighted by molar-refractivity contribution is -0.385. The Labute approximate surface area is 143 Å². The second kappa shape index (κ2) is 8.24. The van der Waals surface area contributed by atoms with Crippen molar-refractivity contribution in [3.05, 3.63) is 39.4 Å². The molecule has 0 unspecified atom stereocenters. The van der Waals surface area contributed by atoms with E-state index in [9.17, 15) is 14.9 Å². The number of nitrogens with one attached hydrogen (secondary N) is 1. The van der Waals surface area contributed by atoms with Gasteiger partial charge in [-0.3, -0.25) is 14.9 Å². The average molecular weight is 333 g/mol. The maximum Gasteiger partial charge on any atom is 0.273 e. The lowest BCUT2D eigenvalue weighted by Gasteiger charge is -2.34. The summed E-state index contributed by atoms with van der Waals surface area (Å²) in [6.45, 7) is 10.1. The molecule has 1 aromatic rings. The van der Waals surface area contributed by atoms with Crippen molar-refractivity contribution in [3.63, 3.8) is 0 Å².